The Labute approximate surface area is 119 Å². The summed E-state index contributed by atoms with van der Waals surface area (Å²) in [5.41, 5.74) is 7.89. The summed E-state index contributed by atoms with van der Waals surface area (Å²) < 4.78 is 27.4. The highest BCUT2D eigenvalue weighted by Gasteiger charge is 2.19. The number of sulfonamides is 1. The first-order chi connectivity index (χ1) is 9.40. The van der Waals surface area contributed by atoms with E-state index in [-0.39, 0.29) is 6.04 Å². The molecular weight excluding hydrogens is 272 g/mol. The lowest BCUT2D eigenvalue weighted by Crippen LogP contribution is -2.27. The van der Waals surface area contributed by atoms with Crippen LogP contribution in [0.15, 0.2) is 53.4 Å². The van der Waals surface area contributed by atoms with E-state index in [2.05, 4.69) is 4.72 Å². The number of hydrogen-bond acceptors (Lipinski definition) is 3. The molecule has 0 spiro atoms. The molecule has 20 heavy (non-hydrogen) atoms. The fourth-order valence-electron chi connectivity index (χ4n) is 2.05. The van der Waals surface area contributed by atoms with Crippen molar-refractivity contribution in [3.05, 3.63) is 59.7 Å². The highest BCUT2D eigenvalue weighted by atomic mass is 32.2. The minimum absolute atomic E-state index is 0.302. The van der Waals surface area contributed by atoms with Gasteiger partial charge in [-0.15, -0.1) is 0 Å². The fraction of sp³-hybridized carbons (Fsp3) is 0.200. The van der Waals surface area contributed by atoms with Crippen LogP contribution in [-0.2, 0) is 10.0 Å². The minimum Gasteiger partial charge on any atom is -0.399 e. The van der Waals surface area contributed by atoms with Crippen molar-refractivity contribution in [2.45, 2.75) is 24.8 Å². The van der Waals surface area contributed by atoms with E-state index in [1.165, 1.54) is 0 Å². The van der Waals surface area contributed by atoms with E-state index >= 15 is 0 Å². The maximum absolute atomic E-state index is 12.4. The van der Waals surface area contributed by atoms with Gasteiger partial charge >= 0.3 is 0 Å². The lowest BCUT2D eigenvalue weighted by atomic mass is 10.1. The Balaban J connectivity index is 2.27. The number of rotatable bonds is 4. The minimum atomic E-state index is -3.54. The van der Waals surface area contributed by atoms with Crippen molar-refractivity contribution in [2.24, 2.45) is 0 Å². The SMILES string of the molecule is Cc1ccccc1S(=O)(=O)NC(C)c1cccc(N)c1. The first-order valence-corrected chi connectivity index (χ1v) is 7.82. The van der Waals surface area contributed by atoms with Crippen LogP contribution >= 0.6 is 0 Å². The third kappa shape index (κ3) is 3.18. The van der Waals surface area contributed by atoms with E-state index in [0.717, 1.165) is 11.1 Å². The average Bonchev–Trinajstić information content (AvgIpc) is 2.38. The Morgan fingerprint density at radius 3 is 2.45 bits per heavy atom. The van der Waals surface area contributed by atoms with Gasteiger partial charge in [-0.1, -0.05) is 30.3 Å². The van der Waals surface area contributed by atoms with E-state index in [0.29, 0.717) is 10.6 Å². The lowest BCUT2D eigenvalue weighted by Gasteiger charge is -2.16. The van der Waals surface area contributed by atoms with E-state index in [4.69, 9.17) is 5.73 Å². The second kappa shape index (κ2) is 5.64. The van der Waals surface area contributed by atoms with Crippen molar-refractivity contribution in [2.75, 3.05) is 5.73 Å². The number of anilines is 1. The number of nitrogens with two attached hydrogens (primary N) is 1. The van der Waals surface area contributed by atoms with Gasteiger partial charge in [-0.2, -0.15) is 0 Å². The largest absolute Gasteiger partial charge is 0.399 e. The van der Waals surface area contributed by atoms with Crippen LogP contribution < -0.4 is 10.5 Å². The number of benzene rings is 2. The molecule has 2 aromatic carbocycles. The van der Waals surface area contributed by atoms with Gasteiger partial charge in [0.15, 0.2) is 0 Å². The quantitative estimate of drug-likeness (QED) is 0.850. The number of aryl methyl sites for hydroxylation is 1. The molecule has 3 N–H and O–H groups in total. The summed E-state index contributed by atoms with van der Waals surface area (Å²) in [4.78, 5) is 0.302. The van der Waals surface area contributed by atoms with Gasteiger partial charge in [0, 0.05) is 11.7 Å². The zero-order valence-corrected chi connectivity index (χ0v) is 12.3. The Kier molecular flexibility index (Phi) is 4.11. The Morgan fingerprint density at radius 1 is 1.10 bits per heavy atom. The van der Waals surface area contributed by atoms with Crippen LogP contribution in [0, 0.1) is 6.92 Å². The summed E-state index contributed by atoms with van der Waals surface area (Å²) in [6.45, 7) is 3.57. The highest BCUT2D eigenvalue weighted by molar-refractivity contribution is 7.89. The van der Waals surface area contributed by atoms with Crippen LogP contribution in [0.4, 0.5) is 5.69 Å². The molecule has 1 atom stereocenters. The molecule has 0 heterocycles. The molecule has 4 nitrogen and oxygen atoms in total. The van der Waals surface area contributed by atoms with Crippen LogP contribution in [0.25, 0.3) is 0 Å². The van der Waals surface area contributed by atoms with Gasteiger partial charge in [0.1, 0.15) is 0 Å². The first kappa shape index (κ1) is 14.6. The second-order valence-corrected chi connectivity index (χ2v) is 6.46. The molecule has 2 aromatic rings. The standard InChI is InChI=1S/C15H18N2O2S/c1-11-6-3-4-9-15(11)20(18,19)17-12(2)13-7-5-8-14(16)10-13/h3-10,12,17H,16H2,1-2H3. The lowest BCUT2D eigenvalue weighted by molar-refractivity contribution is 0.566. The smallest absolute Gasteiger partial charge is 0.241 e. The summed E-state index contributed by atoms with van der Waals surface area (Å²) in [5.74, 6) is 0. The topological polar surface area (TPSA) is 72.2 Å². The molecular formula is C15H18N2O2S. The molecule has 0 amide bonds. The van der Waals surface area contributed by atoms with Crippen molar-refractivity contribution >= 4 is 15.7 Å². The molecule has 0 fully saturated rings. The molecule has 0 aliphatic rings. The van der Waals surface area contributed by atoms with Crippen molar-refractivity contribution in [1.82, 2.24) is 4.72 Å². The number of nitrogens with one attached hydrogen (secondary N) is 1. The molecule has 0 aromatic heterocycles. The van der Waals surface area contributed by atoms with Crippen LogP contribution in [0.2, 0.25) is 0 Å². The molecule has 0 saturated heterocycles. The maximum atomic E-state index is 12.4. The molecule has 0 radical (unpaired) electrons. The summed E-state index contributed by atoms with van der Waals surface area (Å²) >= 11 is 0. The van der Waals surface area contributed by atoms with Crippen molar-refractivity contribution < 1.29 is 8.42 Å². The molecule has 0 aliphatic heterocycles. The summed E-state index contributed by atoms with van der Waals surface area (Å²) in [7, 11) is -3.54. The van der Waals surface area contributed by atoms with E-state index in [1.54, 1.807) is 44.2 Å². The average molecular weight is 290 g/mol. The van der Waals surface area contributed by atoms with E-state index in [9.17, 15) is 8.42 Å². The Bertz CT molecular complexity index is 711. The zero-order chi connectivity index (χ0) is 14.8. The predicted molar refractivity (Wildman–Crippen MR) is 80.8 cm³/mol. The summed E-state index contributed by atoms with van der Waals surface area (Å²) in [5, 5.41) is 0. The van der Waals surface area contributed by atoms with Crippen molar-refractivity contribution in [3.8, 4) is 0 Å². The highest BCUT2D eigenvalue weighted by Crippen LogP contribution is 2.20. The van der Waals surface area contributed by atoms with Crippen LogP contribution in [-0.4, -0.2) is 8.42 Å². The van der Waals surface area contributed by atoms with Crippen LogP contribution in [0.5, 0.6) is 0 Å². The van der Waals surface area contributed by atoms with Gasteiger partial charge in [-0.05, 0) is 43.2 Å². The monoisotopic (exact) mass is 290 g/mol. The zero-order valence-electron chi connectivity index (χ0n) is 11.5. The molecule has 5 heteroatoms. The van der Waals surface area contributed by atoms with Crippen LogP contribution in [0.3, 0.4) is 0 Å². The number of hydrogen-bond donors (Lipinski definition) is 2. The molecule has 2 rings (SSSR count). The van der Waals surface area contributed by atoms with Gasteiger partial charge in [0.2, 0.25) is 10.0 Å². The molecule has 0 bridgehead atoms. The predicted octanol–water partition coefficient (Wildman–Crippen LogP) is 2.62. The van der Waals surface area contributed by atoms with Gasteiger partial charge in [0.25, 0.3) is 0 Å². The maximum Gasteiger partial charge on any atom is 0.241 e. The van der Waals surface area contributed by atoms with E-state index < -0.39 is 10.0 Å². The van der Waals surface area contributed by atoms with Crippen LogP contribution in [0.1, 0.15) is 24.1 Å². The van der Waals surface area contributed by atoms with Crippen molar-refractivity contribution in [3.63, 3.8) is 0 Å². The van der Waals surface area contributed by atoms with Gasteiger partial charge < -0.3 is 5.73 Å². The molecule has 106 valence electrons. The van der Waals surface area contributed by atoms with Crippen molar-refractivity contribution in [1.29, 1.82) is 0 Å². The summed E-state index contributed by atoms with van der Waals surface area (Å²) in [6, 6.07) is 13.8. The Morgan fingerprint density at radius 2 is 1.80 bits per heavy atom. The third-order valence-corrected chi connectivity index (χ3v) is 4.83. The van der Waals surface area contributed by atoms with E-state index in [1.807, 2.05) is 18.2 Å². The third-order valence-electron chi connectivity index (χ3n) is 3.13. The number of nitrogen functional groups attached to an aromatic ring is 1. The summed E-state index contributed by atoms with van der Waals surface area (Å²) in [6.07, 6.45) is 0. The molecule has 1 unspecified atom stereocenters. The Hall–Kier alpha value is -1.85. The normalized spacial score (nSPS) is 13.1. The molecule has 0 saturated carbocycles. The molecule has 0 aliphatic carbocycles. The van der Waals surface area contributed by atoms with Gasteiger partial charge in [-0.25, -0.2) is 13.1 Å². The second-order valence-electron chi connectivity index (χ2n) is 4.78. The fourth-order valence-corrected chi connectivity index (χ4v) is 3.53. The van der Waals surface area contributed by atoms with Gasteiger partial charge in [0.05, 0.1) is 4.90 Å². The first-order valence-electron chi connectivity index (χ1n) is 6.33. The van der Waals surface area contributed by atoms with Gasteiger partial charge in [-0.3, -0.25) is 0 Å².